The van der Waals surface area contributed by atoms with E-state index in [4.69, 9.17) is 16.7 Å². The second-order valence-electron chi connectivity index (χ2n) is 9.56. The predicted octanol–water partition coefficient (Wildman–Crippen LogP) is 5.60. The quantitative estimate of drug-likeness (QED) is 0.454. The lowest BCUT2D eigenvalue weighted by Gasteiger charge is -2.36. The van der Waals surface area contributed by atoms with Crippen molar-refractivity contribution in [2.45, 2.75) is 26.3 Å². The van der Waals surface area contributed by atoms with Crippen LogP contribution in [0.2, 0.25) is 5.02 Å². The predicted molar refractivity (Wildman–Crippen MR) is 143 cm³/mol. The van der Waals surface area contributed by atoms with Crippen LogP contribution in [-0.2, 0) is 4.79 Å². The van der Waals surface area contributed by atoms with Gasteiger partial charge in [-0.2, -0.15) is 5.10 Å². The highest BCUT2D eigenvalue weighted by molar-refractivity contribution is 6.31. The van der Waals surface area contributed by atoms with Crippen LogP contribution in [0.15, 0.2) is 71.8 Å². The first-order chi connectivity index (χ1) is 17.4. The van der Waals surface area contributed by atoms with E-state index >= 15 is 0 Å². The second kappa shape index (κ2) is 10.4. The summed E-state index contributed by atoms with van der Waals surface area (Å²) in [5, 5.41) is 7.12. The van der Waals surface area contributed by atoms with Crippen LogP contribution in [0.5, 0.6) is 0 Å². The van der Waals surface area contributed by atoms with Gasteiger partial charge in [0.1, 0.15) is 5.82 Å². The molecule has 1 fully saturated rings. The van der Waals surface area contributed by atoms with E-state index in [1.54, 1.807) is 17.1 Å². The van der Waals surface area contributed by atoms with E-state index in [2.05, 4.69) is 36.9 Å². The molecular weight excluding hydrogens is 475 g/mol. The molecule has 0 aromatic heterocycles. The first-order valence-corrected chi connectivity index (χ1v) is 12.7. The molecule has 186 valence electrons. The van der Waals surface area contributed by atoms with Gasteiger partial charge in [0.05, 0.1) is 24.0 Å². The number of carbonyl (C=O) groups excluding carboxylic acids is 1. The minimum atomic E-state index is -0.249. The lowest BCUT2D eigenvalue weighted by molar-refractivity contribution is -0.134. The van der Waals surface area contributed by atoms with Gasteiger partial charge in [0.2, 0.25) is 0 Å². The Kier molecular flexibility index (Phi) is 7.08. The number of anilines is 1. The normalized spacial score (nSPS) is 18.4. The van der Waals surface area contributed by atoms with Crippen LogP contribution < -0.4 is 4.90 Å². The lowest BCUT2D eigenvalue weighted by atomic mass is 9.95. The second-order valence-corrected chi connectivity index (χ2v) is 9.97. The van der Waals surface area contributed by atoms with E-state index in [-0.39, 0.29) is 24.3 Å². The Hall–Kier alpha value is -3.22. The number of carbonyl (C=O) groups is 1. The molecule has 0 spiro atoms. The molecular formula is C29H30ClFN4O. The largest absolute Gasteiger partial charge is 0.367 e. The average Bonchev–Trinajstić information content (AvgIpc) is 3.32. The molecule has 1 atom stereocenters. The molecule has 0 saturated carbocycles. The third-order valence-electron chi connectivity index (χ3n) is 7.06. The van der Waals surface area contributed by atoms with Crippen LogP contribution in [0.4, 0.5) is 10.1 Å². The van der Waals surface area contributed by atoms with Gasteiger partial charge in [-0.15, -0.1) is 0 Å². The molecule has 1 saturated heterocycles. The van der Waals surface area contributed by atoms with Crippen molar-refractivity contribution in [2.24, 2.45) is 5.10 Å². The molecule has 2 heterocycles. The Bertz CT molecular complexity index is 1300. The molecule has 3 aromatic carbocycles. The molecule has 0 N–H and O–H groups in total. The number of amides is 1. The summed E-state index contributed by atoms with van der Waals surface area (Å²) in [7, 11) is 0. The fourth-order valence-corrected chi connectivity index (χ4v) is 5.32. The van der Waals surface area contributed by atoms with E-state index in [1.165, 1.54) is 6.07 Å². The number of benzene rings is 3. The molecule has 36 heavy (non-hydrogen) atoms. The number of nitrogens with zero attached hydrogens (tertiary/aromatic N) is 4. The Labute approximate surface area is 216 Å². The van der Waals surface area contributed by atoms with E-state index < -0.39 is 0 Å². The van der Waals surface area contributed by atoms with Gasteiger partial charge in [-0.3, -0.25) is 9.69 Å². The van der Waals surface area contributed by atoms with Gasteiger partial charge < -0.3 is 4.90 Å². The number of hydrazone groups is 1. The molecule has 2 aliphatic heterocycles. The van der Waals surface area contributed by atoms with Crippen LogP contribution in [0.1, 0.15) is 34.7 Å². The fourth-order valence-electron chi connectivity index (χ4n) is 5.06. The Morgan fingerprint density at radius 2 is 1.72 bits per heavy atom. The fraction of sp³-hybridized carbons (Fsp3) is 0.310. The van der Waals surface area contributed by atoms with Crippen LogP contribution in [-0.4, -0.2) is 54.3 Å². The van der Waals surface area contributed by atoms with Gasteiger partial charge in [-0.05, 0) is 49.2 Å². The minimum absolute atomic E-state index is 0.0560. The Morgan fingerprint density at radius 1 is 1.00 bits per heavy atom. The number of halogens is 2. The summed E-state index contributed by atoms with van der Waals surface area (Å²) in [6, 6.07) is 20.6. The Balaban J connectivity index is 1.34. The van der Waals surface area contributed by atoms with Crippen molar-refractivity contribution in [2.75, 3.05) is 37.6 Å². The summed E-state index contributed by atoms with van der Waals surface area (Å²) in [5.74, 6) is -0.269. The number of hydrogen-bond donors (Lipinski definition) is 0. The molecule has 5 nitrogen and oxygen atoms in total. The highest BCUT2D eigenvalue weighted by Gasteiger charge is 2.35. The maximum atomic E-state index is 14.2. The van der Waals surface area contributed by atoms with Crippen molar-refractivity contribution >= 4 is 28.9 Å². The standard InChI is InChI=1S/C29H30ClFN4O/c1-20-11-12-21(2)23(17-20)26-18-28(22-7-3-4-8-24(22)30)35(32-26)29(36)19-33-13-15-34(16-14-33)27-10-6-5-9-25(27)31/h3-12,17,28H,13-16,18-19H2,1-2H3/t28-/m1/s1. The number of rotatable bonds is 5. The van der Waals surface area contributed by atoms with Crippen molar-refractivity contribution in [3.05, 3.63) is 99.8 Å². The lowest BCUT2D eigenvalue weighted by Crippen LogP contribution is -2.49. The Morgan fingerprint density at radius 3 is 2.47 bits per heavy atom. The minimum Gasteiger partial charge on any atom is -0.367 e. The molecule has 0 radical (unpaired) electrons. The summed E-state index contributed by atoms with van der Waals surface area (Å²) in [6.07, 6.45) is 0.612. The van der Waals surface area contributed by atoms with Crippen molar-refractivity contribution in [3.8, 4) is 0 Å². The van der Waals surface area contributed by atoms with E-state index in [1.807, 2.05) is 35.2 Å². The van der Waals surface area contributed by atoms with Crippen LogP contribution in [0.3, 0.4) is 0 Å². The highest BCUT2D eigenvalue weighted by Crippen LogP contribution is 2.37. The van der Waals surface area contributed by atoms with Gasteiger partial charge in [0.15, 0.2) is 0 Å². The van der Waals surface area contributed by atoms with E-state index in [0.29, 0.717) is 43.3 Å². The van der Waals surface area contributed by atoms with Gasteiger partial charge in [-0.1, -0.05) is 59.6 Å². The summed E-state index contributed by atoms with van der Waals surface area (Å²) in [4.78, 5) is 17.8. The van der Waals surface area contributed by atoms with Crippen molar-refractivity contribution in [1.82, 2.24) is 9.91 Å². The monoisotopic (exact) mass is 504 g/mol. The number of aryl methyl sites for hydroxylation is 2. The molecule has 1 amide bonds. The third kappa shape index (κ3) is 5.01. The van der Waals surface area contributed by atoms with Gasteiger partial charge >= 0.3 is 0 Å². The number of hydrogen-bond acceptors (Lipinski definition) is 4. The maximum absolute atomic E-state index is 14.2. The van der Waals surface area contributed by atoms with Gasteiger partial charge in [0, 0.05) is 43.2 Å². The van der Waals surface area contributed by atoms with Crippen LogP contribution in [0.25, 0.3) is 0 Å². The molecule has 0 unspecified atom stereocenters. The first kappa shape index (κ1) is 24.5. The van der Waals surface area contributed by atoms with Crippen molar-refractivity contribution in [3.63, 3.8) is 0 Å². The molecule has 2 aliphatic rings. The zero-order valence-corrected chi connectivity index (χ0v) is 21.4. The number of piperazine rings is 1. The summed E-state index contributed by atoms with van der Waals surface area (Å²) in [6.45, 7) is 7.08. The molecule has 0 bridgehead atoms. The maximum Gasteiger partial charge on any atom is 0.257 e. The van der Waals surface area contributed by atoms with Crippen molar-refractivity contribution < 1.29 is 9.18 Å². The topological polar surface area (TPSA) is 39.2 Å². The van der Waals surface area contributed by atoms with Gasteiger partial charge in [0.25, 0.3) is 5.91 Å². The summed E-state index contributed by atoms with van der Waals surface area (Å²) < 4.78 is 14.2. The van der Waals surface area contributed by atoms with E-state index in [0.717, 1.165) is 28.0 Å². The zero-order chi connectivity index (χ0) is 25.2. The SMILES string of the molecule is Cc1ccc(C)c(C2=NN(C(=O)CN3CCN(c4ccccc4F)CC3)[C@@H](c3ccccc3Cl)C2)c1. The van der Waals surface area contributed by atoms with Crippen molar-refractivity contribution in [1.29, 1.82) is 0 Å². The molecule has 7 heteroatoms. The molecule has 0 aliphatic carbocycles. The number of para-hydroxylation sites is 1. The smallest absolute Gasteiger partial charge is 0.257 e. The first-order valence-electron chi connectivity index (χ1n) is 12.3. The highest BCUT2D eigenvalue weighted by atomic mass is 35.5. The van der Waals surface area contributed by atoms with Gasteiger partial charge in [-0.25, -0.2) is 9.40 Å². The molecule has 5 rings (SSSR count). The molecule has 3 aromatic rings. The van der Waals surface area contributed by atoms with Crippen LogP contribution >= 0.6 is 11.6 Å². The average molecular weight is 505 g/mol. The summed E-state index contributed by atoms with van der Waals surface area (Å²) in [5.41, 5.74) is 5.78. The third-order valence-corrected chi connectivity index (χ3v) is 7.40. The summed E-state index contributed by atoms with van der Waals surface area (Å²) >= 11 is 6.57. The van der Waals surface area contributed by atoms with E-state index in [9.17, 15) is 9.18 Å². The van der Waals surface area contributed by atoms with Crippen LogP contribution in [0, 0.1) is 19.7 Å². The zero-order valence-electron chi connectivity index (χ0n) is 20.6.